The molecule has 1 aliphatic heterocycles. The van der Waals surface area contributed by atoms with Gasteiger partial charge in [0.15, 0.2) is 0 Å². The van der Waals surface area contributed by atoms with Crippen LogP contribution in [0, 0.1) is 6.92 Å². The van der Waals surface area contributed by atoms with Crippen LogP contribution in [0.5, 0.6) is 0 Å². The second kappa shape index (κ2) is 10.7. The maximum absolute atomic E-state index is 13.8. The van der Waals surface area contributed by atoms with Crippen LogP contribution in [0.25, 0.3) is 10.4 Å². The minimum atomic E-state index is -6.58. The van der Waals surface area contributed by atoms with Crippen molar-refractivity contribution in [1.82, 2.24) is 14.6 Å². The van der Waals surface area contributed by atoms with E-state index in [2.05, 4.69) is 14.3 Å². The lowest BCUT2D eigenvalue weighted by atomic mass is 10.1. The molecule has 1 fully saturated rings. The lowest BCUT2D eigenvalue weighted by Crippen LogP contribution is -2.33. The maximum Gasteiger partial charge on any atom is 0.444 e. The van der Waals surface area contributed by atoms with Crippen molar-refractivity contribution in [3.8, 4) is 0 Å². The molecule has 198 valence electrons. The molecule has 0 bridgehead atoms. The van der Waals surface area contributed by atoms with Crippen molar-refractivity contribution in [1.29, 1.82) is 0 Å². The van der Waals surface area contributed by atoms with Gasteiger partial charge in [-0.25, -0.2) is 18.8 Å². The third-order valence-electron chi connectivity index (χ3n) is 4.53. The Morgan fingerprint density at radius 3 is 2.54 bits per heavy atom. The smallest absolute Gasteiger partial charge is 0.352 e. The highest BCUT2D eigenvalue weighted by molar-refractivity contribution is 7.76. The van der Waals surface area contributed by atoms with E-state index < -0.39 is 64.6 Å². The van der Waals surface area contributed by atoms with Crippen molar-refractivity contribution in [3.05, 3.63) is 43.0 Å². The summed E-state index contributed by atoms with van der Waals surface area (Å²) in [6, 6.07) is -1.09. The Balaban J connectivity index is 2.28. The molecule has 0 aliphatic carbocycles. The molecule has 0 saturated carbocycles. The number of alkyl halides is 2. The zero-order chi connectivity index (χ0) is 26.8. The molecule has 1 aromatic heterocycles. The highest BCUT2D eigenvalue weighted by atomic mass is 31.3. The van der Waals surface area contributed by atoms with E-state index in [1.807, 2.05) is 10.1 Å². The predicted molar refractivity (Wildman–Crippen MR) is 113 cm³/mol. The number of aromatic amines is 1. The highest BCUT2D eigenvalue weighted by Gasteiger charge is 2.67. The molecular formula is C13H21F2N6O11P3. The molecule has 5 atom stereocenters. The van der Waals surface area contributed by atoms with Crippen molar-refractivity contribution < 1.29 is 50.7 Å². The average Bonchev–Trinajstić information content (AvgIpc) is 3.11. The fourth-order valence-corrected chi connectivity index (χ4v) is 7.29. The molecule has 5 N–H and O–H groups in total. The van der Waals surface area contributed by atoms with Crippen LogP contribution in [0.2, 0.25) is 0 Å². The number of hydrogen-bond donors (Lipinski definition) is 5. The zero-order valence-corrected chi connectivity index (χ0v) is 20.6. The number of aryl methyl sites for hydroxylation is 1. The summed E-state index contributed by atoms with van der Waals surface area (Å²) < 4.78 is 78.6. The van der Waals surface area contributed by atoms with E-state index in [1.54, 1.807) is 0 Å². The summed E-state index contributed by atoms with van der Waals surface area (Å²) in [6.07, 6.45) is -1.40. The van der Waals surface area contributed by atoms with Crippen LogP contribution in [0.15, 0.2) is 20.9 Å². The largest absolute Gasteiger partial charge is 0.444 e. The van der Waals surface area contributed by atoms with Gasteiger partial charge in [-0.15, -0.1) is 0 Å². The molecular weight excluding hydrogens is 547 g/mol. The fourth-order valence-electron chi connectivity index (χ4n) is 2.85. The fraction of sp³-hybridized carbons (Fsp3) is 0.692. The molecule has 2 heterocycles. The van der Waals surface area contributed by atoms with Crippen molar-refractivity contribution in [3.63, 3.8) is 0 Å². The van der Waals surface area contributed by atoms with Gasteiger partial charge in [0.1, 0.15) is 6.23 Å². The molecule has 1 saturated heterocycles. The molecule has 22 heteroatoms. The van der Waals surface area contributed by atoms with Crippen LogP contribution in [0.1, 0.15) is 25.1 Å². The summed E-state index contributed by atoms with van der Waals surface area (Å²) in [4.78, 5) is 55.2. The van der Waals surface area contributed by atoms with Crippen LogP contribution >= 0.6 is 22.9 Å². The first kappa shape index (κ1) is 29.5. The van der Waals surface area contributed by atoms with Gasteiger partial charge in [-0.05, 0) is 12.5 Å². The van der Waals surface area contributed by atoms with Gasteiger partial charge in [0.2, 0.25) is 0 Å². The second-order valence-electron chi connectivity index (χ2n) is 7.08. The van der Waals surface area contributed by atoms with Gasteiger partial charge < -0.3 is 19.4 Å². The Labute approximate surface area is 194 Å². The number of rotatable bonds is 11. The van der Waals surface area contributed by atoms with Crippen LogP contribution in [-0.4, -0.2) is 54.9 Å². The third kappa shape index (κ3) is 6.53. The Morgan fingerprint density at radius 2 is 2.00 bits per heavy atom. The van der Waals surface area contributed by atoms with Gasteiger partial charge in [0.25, 0.3) is 5.56 Å². The Bertz CT molecular complexity index is 1260. The molecule has 35 heavy (non-hydrogen) atoms. The van der Waals surface area contributed by atoms with Gasteiger partial charge in [-0.1, -0.05) is 12.0 Å². The summed E-state index contributed by atoms with van der Waals surface area (Å²) >= 11 is 0. The molecule has 1 aliphatic rings. The van der Waals surface area contributed by atoms with Crippen molar-refractivity contribution >= 4 is 22.9 Å². The van der Waals surface area contributed by atoms with Gasteiger partial charge in [0.05, 0.1) is 18.8 Å². The minimum absolute atomic E-state index is 0.142. The van der Waals surface area contributed by atoms with Crippen LogP contribution in [0.4, 0.5) is 8.78 Å². The molecule has 0 amide bonds. The second-order valence-corrected chi connectivity index (χ2v) is 12.9. The SMILES string of the molecule is CCNP(=O)(OC[C@H]1O[C@@H](n2cc(C)c(=O)[nH]c2=O)C[C@H]1N=[N+]=[N-])OP(=O)(O)C(F)(F)P(=O)(O)O. The molecule has 1 aromatic rings. The summed E-state index contributed by atoms with van der Waals surface area (Å²) in [5, 5.41) is -0.244. The van der Waals surface area contributed by atoms with E-state index in [0.717, 1.165) is 4.57 Å². The van der Waals surface area contributed by atoms with Crippen molar-refractivity contribution in [2.24, 2.45) is 5.11 Å². The van der Waals surface area contributed by atoms with Gasteiger partial charge >= 0.3 is 34.0 Å². The first-order chi connectivity index (χ1) is 16.0. The number of hydrogen-bond acceptors (Lipinski definition) is 9. The number of nitrogens with zero attached hydrogens (tertiary/aromatic N) is 4. The van der Waals surface area contributed by atoms with Gasteiger partial charge in [-0.3, -0.25) is 28.0 Å². The van der Waals surface area contributed by atoms with Crippen LogP contribution in [0.3, 0.4) is 0 Å². The topological polar surface area (TPSA) is 255 Å². The molecule has 0 radical (unpaired) electrons. The third-order valence-corrected chi connectivity index (χ3v) is 10.4. The van der Waals surface area contributed by atoms with E-state index in [4.69, 9.17) is 24.6 Å². The zero-order valence-electron chi connectivity index (χ0n) is 17.9. The maximum atomic E-state index is 13.8. The molecule has 2 unspecified atom stereocenters. The van der Waals surface area contributed by atoms with E-state index in [1.165, 1.54) is 20.0 Å². The summed E-state index contributed by atoms with van der Waals surface area (Å²) in [7, 11) is -18.2. The summed E-state index contributed by atoms with van der Waals surface area (Å²) in [5.41, 5.74) is 7.42. The molecule has 2 rings (SSSR count). The number of ether oxygens (including phenoxy) is 1. The molecule has 17 nitrogen and oxygen atoms in total. The number of halogens is 2. The highest BCUT2D eigenvalue weighted by Crippen LogP contribution is 2.77. The number of H-pyrrole nitrogens is 1. The Hall–Kier alpha value is -1.74. The number of nitrogens with one attached hydrogen (secondary N) is 2. The Morgan fingerprint density at radius 1 is 1.37 bits per heavy atom. The van der Waals surface area contributed by atoms with E-state index in [9.17, 15) is 37.0 Å². The quantitative estimate of drug-likeness (QED) is 0.110. The first-order valence-electron chi connectivity index (χ1n) is 9.47. The summed E-state index contributed by atoms with van der Waals surface area (Å²) in [5.74, 6) is 0. The van der Waals surface area contributed by atoms with Crippen LogP contribution in [-0.2, 0) is 27.3 Å². The van der Waals surface area contributed by atoms with E-state index in [0.29, 0.717) is 0 Å². The lowest BCUT2D eigenvalue weighted by Gasteiger charge is -2.27. The lowest BCUT2D eigenvalue weighted by molar-refractivity contribution is -0.0244. The van der Waals surface area contributed by atoms with E-state index >= 15 is 0 Å². The Kier molecular flexibility index (Phi) is 9.02. The normalized spacial score (nSPS) is 24.4. The van der Waals surface area contributed by atoms with Gasteiger partial charge in [0, 0.05) is 29.6 Å². The number of azide groups is 1. The van der Waals surface area contributed by atoms with Crippen LogP contribution < -0.4 is 16.3 Å². The van der Waals surface area contributed by atoms with Crippen molar-refractivity contribution in [2.75, 3.05) is 13.2 Å². The van der Waals surface area contributed by atoms with E-state index in [-0.39, 0.29) is 18.5 Å². The predicted octanol–water partition coefficient (Wildman–Crippen LogP) is 1.48. The monoisotopic (exact) mass is 568 g/mol. The van der Waals surface area contributed by atoms with Gasteiger partial charge in [-0.2, -0.15) is 8.78 Å². The minimum Gasteiger partial charge on any atom is -0.352 e. The molecule has 0 aromatic carbocycles. The standard InChI is InChI=1S/C13H21F2N6O11P3/c1-3-17-35(29,32-34(27,28)13(14,15)33(24,25)26)30-6-9-8(19-20-16)4-10(31-9)21-5-7(2)11(22)18-12(21)23/h5,8-10H,3-4,6H2,1-2H3,(H,17,29)(H,27,28)(H,18,22,23)(H2,24,25,26)/t8-,9-,10-,35?/m1/s1. The number of aromatic nitrogens is 2. The first-order valence-corrected chi connectivity index (χ1v) is 14.2. The molecule has 0 spiro atoms. The van der Waals surface area contributed by atoms with Crippen molar-refractivity contribution in [2.45, 2.75) is 44.0 Å². The summed E-state index contributed by atoms with van der Waals surface area (Å²) in [6.45, 7) is 1.47. The average molecular weight is 568 g/mol.